The molecule has 0 saturated carbocycles. The van der Waals surface area contributed by atoms with Crippen LogP contribution in [0.3, 0.4) is 0 Å². The molecule has 0 aliphatic rings. The van der Waals surface area contributed by atoms with Gasteiger partial charge in [-0.05, 0) is 6.42 Å². The van der Waals surface area contributed by atoms with Gasteiger partial charge in [0.15, 0.2) is 12.4 Å². The van der Waals surface area contributed by atoms with Gasteiger partial charge in [-0.15, -0.1) is 5.10 Å². The molecule has 9 heteroatoms. The van der Waals surface area contributed by atoms with Crippen LogP contribution >= 0.6 is 0 Å². The first-order chi connectivity index (χ1) is 7.93. The summed E-state index contributed by atoms with van der Waals surface area (Å²) in [7, 11) is -3.43. The maximum Gasteiger partial charge on any atom is 0.327 e. The van der Waals surface area contributed by atoms with E-state index in [1.807, 2.05) is 6.92 Å². The van der Waals surface area contributed by atoms with Crippen LogP contribution in [0.2, 0.25) is 0 Å². The maximum absolute atomic E-state index is 11.5. The molecule has 0 amide bonds. The van der Waals surface area contributed by atoms with E-state index in [2.05, 4.69) is 14.9 Å². The van der Waals surface area contributed by atoms with Gasteiger partial charge in [-0.3, -0.25) is 9.52 Å². The Hall–Kier alpha value is -1.64. The molecule has 0 bridgehead atoms. The van der Waals surface area contributed by atoms with E-state index in [0.717, 1.165) is 11.2 Å². The molecule has 1 aromatic rings. The van der Waals surface area contributed by atoms with Gasteiger partial charge in [0.05, 0.1) is 11.9 Å². The second-order valence-corrected chi connectivity index (χ2v) is 5.27. The number of sulfonamides is 1. The second-order valence-electron chi connectivity index (χ2n) is 3.43. The lowest BCUT2D eigenvalue weighted by Gasteiger charge is -2.03. The van der Waals surface area contributed by atoms with Crippen LogP contribution in [-0.2, 0) is 21.4 Å². The monoisotopic (exact) mass is 262 g/mol. The van der Waals surface area contributed by atoms with Gasteiger partial charge in [0, 0.05) is 0 Å². The predicted molar refractivity (Wildman–Crippen MR) is 60.0 cm³/mol. The maximum atomic E-state index is 11.5. The van der Waals surface area contributed by atoms with Crippen LogP contribution in [0.5, 0.6) is 0 Å². The summed E-state index contributed by atoms with van der Waals surface area (Å²) in [5.41, 5.74) is 0. The topological polar surface area (TPSA) is 114 Å². The highest BCUT2D eigenvalue weighted by Gasteiger charge is 2.12. The summed E-state index contributed by atoms with van der Waals surface area (Å²) in [6, 6.07) is 0. The van der Waals surface area contributed by atoms with Gasteiger partial charge in [-0.25, -0.2) is 8.42 Å². The fourth-order valence-electron chi connectivity index (χ4n) is 1.09. The number of carbonyl (C=O) groups is 1. The SMILES string of the molecule is CCCCS(=O)(=O)Nc1cnn(CC(=O)O)n1. The number of nitrogens with zero attached hydrogens (tertiary/aromatic N) is 3. The van der Waals surface area contributed by atoms with E-state index in [4.69, 9.17) is 5.11 Å². The van der Waals surface area contributed by atoms with Crippen LogP contribution in [-0.4, -0.2) is 40.2 Å². The van der Waals surface area contributed by atoms with Crippen molar-refractivity contribution in [3.8, 4) is 0 Å². The molecule has 1 rings (SSSR count). The first-order valence-electron chi connectivity index (χ1n) is 5.05. The fourth-order valence-corrected chi connectivity index (χ4v) is 2.27. The fraction of sp³-hybridized carbons (Fsp3) is 0.625. The Balaban J connectivity index is 2.62. The predicted octanol–water partition coefficient (Wildman–Crippen LogP) is -0.0955. The molecule has 8 nitrogen and oxygen atoms in total. The van der Waals surface area contributed by atoms with Gasteiger partial charge in [0.1, 0.15) is 0 Å². The molecule has 0 fully saturated rings. The molecule has 0 aromatic carbocycles. The first-order valence-corrected chi connectivity index (χ1v) is 6.70. The second kappa shape index (κ2) is 5.62. The van der Waals surface area contributed by atoms with Crippen molar-refractivity contribution in [2.45, 2.75) is 26.3 Å². The van der Waals surface area contributed by atoms with E-state index in [9.17, 15) is 13.2 Å². The number of anilines is 1. The highest BCUT2D eigenvalue weighted by molar-refractivity contribution is 7.92. The van der Waals surface area contributed by atoms with Crippen LogP contribution in [0.15, 0.2) is 6.20 Å². The van der Waals surface area contributed by atoms with Gasteiger partial charge in [-0.2, -0.15) is 9.90 Å². The minimum atomic E-state index is -3.43. The summed E-state index contributed by atoms with van der Waals surface area (Å²) >= 11 is 0. The van der Waals surface area contributed by atoms with Crippen molar-refractivity contribution in [2.24, 2.45) is 0 Å². The molecule has 17 heavy (non-hydrogen) atoms. The number of hydrogen-bond donors (Lipinski definition) is 2. The van der Waals surface area contributed by atoms with Crippen molar-refractivity contribution < 1.29 is 18.3 Å². The van der Waals surface area contributed by atoms with Crippen molar-refractivity contribution in [1.82, 2.24) is 15.0 Å². The van der Waals surface area contributed by atoms with Crippen LogP contribution in [0.1, 0.15) is 19.8 Å². The quantitative estimate of drug-likeness (QED) is 0.709. The van der Waals surface area contributed by atoms with Crippen LogP contribution in [0, 0.1) is 0 Å². The highest BCUT2D eigenvalue weighted by atomic mass is 32.2. The van der Waals surface area contributed by atoms with E-state index in [-0.39, 0.29) is 11.6 Å². The number of aliphatic carboxylic acids is 1. The van der Waals surface area contributed by atoms with Gasteiger partial charge < -0.3 is 5.11 Å². The Morgan fingerprint density at radius 3 is 2.88 bits per heavy atom. The number of hydrogen-bond acceptors (Lipinski definition) is 5. The van der Waals surface area contributed by atoms with Gasteiger partial charge in [0.2, 0.25) is 10.0 Å². The molecule has 1 aromatic heterocycles. The van der Waals surface area contributed by atoms with Crippen molar-refractivity contribution in [3.05, 3.63) is 6.20 Å². The van der Waals surface area contributed by atoms with E-state index in [0.29, 0.717) is 6.42 Å². The molecule has 0 aliphatic carbocycles. The van der Waals surface area contributed by atoms with Gasteiger partial charge >= 0.3 is 5.97 Å². The molecule has 0 saturated heterocycles. The molecule has 0 radical (unpaired) electrons. The van der Waals surface area contributed by atoms with Gasteiger partial charge in [0.25, 0.3) is 0 Å². The molecule has 1 heterocycles. The number of rotatable bonds is 7. The Labute approximate surface area is 98.7 Å². The molecule has 0 aliphatic heterocycles. The lowest BCUT2D eigenvalue weighted by Crippen LogP contribution is -2.17. The Bertz CT molecular complexity index is 481. The standard InChI is InChI=1S/C8H14N4O4S/c1-2-3-4-17(15,16)11-7-5-9-12(10-7)6-8(13)14/h5H,2-4,6H2,1H3,(H,10,11)(H,13,14). The summed E-state index contributed by atoms with van der Waals surface area (Å²) in [5.74, 6) is -1.06. The Kier molecular flexibility index (Phi) is 4.44. The Morgan fingerprint density at radius 1 is 1.59 bits per heavy atom. The lowest BCUT2D eigenvalue weighted by molar-refractivity contribution is -0.138. The average Bonchev–Trinajstić information content (AvgIpc) is 2.60. The molecule has 0 spiro atoms. The molecule has 0 atom stereocenters. The number of carboxylic acid groups (broad SMARTS) is 1. The highest BCUT2D eigenvalue weighted by Crippen LogP contribution is 2.04. The van der Waals surface area contributed by atoms with Crippen molar-refractivity contribution in [1.29, 1.82) is 0 Å². The molecule has 96 valence electrons. The van der Waals surface area contributed by atoms with Crippen LogP contribution < -0.4 is 4.72 Å². The summed E-state index contributed by atoms with van der Waals surface area (Å²) in [4.78, 5) is 11.3. The summed E-state index contributed by atoms with van der Waals surface area (Å²) < 4.78 is 25.2. The summed E-state index contributed by atoms with van der Waals surface area (Å²) in [6.45, 7) is 1.48. The number of carboxylic acids is 1. The minimum Gasteiger partial charge on any atom is -0.480 e. The van der Waals surface area contributed by atoms with Crippen LogP contribution in [0.25, 0.3) is 0 Å². The van der Waals surface area contributed by atoms with E-state index >= 15 is 0 Å². The largest absolute Gasteiger partial charge is 0.480 e. The van der Waals surface area contributed by atoms with Crippen molar-refractivity contribution in [3.63, 3.8) is 0 Å². The molecular weight excluding hydrogens is 248 g/mol. The molecular formula is C8H14N4O4S. The zero-order valence-corrected chi connectivity index (χ0v) is 10.1. The smallest absolute Gasteiger partial charge is 0.327 e. The van der Waals surface area contributed by atoms with E-state index in [1.54, 1.807) is 0 Å². The van der Waals surface area contributed by atoms with Crippen molar-refractivity contribution >= 4 is 21.8 Å². The Morgan fingerprint density at radius 2 is 2.29 bits per heavy atom. The third-order valence-electron chi connectivity index (χ3n) is 1.84. The lowest BCUT2D eigenvalue weighted by atomic mass is 10.4. The van der Waals surface area contributed by atoms with Crippen molar-refractivity contribution in [2.75, 3.05) is 10.5 Å². The molecule has 2 N–H and O–H groups in total. The molecule has 0 unspecified atom stereocenters. The van der Waals surface area contributed by atoms with Gasteiger partial charge in [-0.1, -0.05) is 13.3 Å². The minimum absolute atomic E-state index is 0.00922. The number of nitrogens with one attached hydrogen (secondary N) is 1. The number of aromatic nitrogens is 3. The average molecular weight is 262 g/mol. The van der Waals surface area contributed by atoms with E-state index in [1.165, 1.54) is 6.20 Å². The third kappa shape index (κ3) is 4.81. The van der Waals surface area contributed by atoms with E-state index < -0.39 is 22.5 Å². The summed E-state index contributed by atoms with van der Waals surface area (Å²) in [5, 5.41) is 15.8. The zero-order chi connectivity index (χ0) is 12.9. The zero-order valence-electron chi connectivity index (χ0n) is 9.33. The normalized spacial score (nSPS) is 11.4. The van der Waals surface area contributed by atoms with Crippen LogP contribution in [0.4, 0.5) is 5.82 Å². The summed E-state index contributed by atoms with van der Waals surface area (Å²) in [6.07, 6.45) is 2.50. The third-order valence-corrected chi connectivity index (χ3v) is 3.19. The first kappa shape index (κ1) is 13.4. The number of unbranched alkanes of at least 4 members (excludes halogenated alkanes) is 1.